The van der Waals surface area contributed by atoms with E-state index in [0.29, 0.717) is 12.2 Å². The number of nitrogens with zero attached hydrogens (tertiary/aromatic N) is 2. The van der Waals surface area contributed by atoms with E-state index in [4.69, 9.17) is 4.52 Å². The molecule has 0 bridgehead atoms. The summed E-state index contributed by atoms with van der Waals surface area (Å²) in [6, 6.07) is 0. The molecular formula is C8H15N3O3S. The van der Waals surface area contributed by atoms with Gasteiger partial charge >= 0.3 is 0 Å². The first-order chi connectivity index (χ1) is 7.03. The lowest BCUT2D eigenvalue weighted by Gasteiger charge is -2.02. The molecule has 86 valence electrons. The lowest BCUT2D eigenvalue weighted by molar-refractivity contribution is 0.372. The third-order valence-corrected chi connectivity index (χ3v) is 3.19. The molecule has 0 saturated carbocycles. The van der Waals surface area contributed by atoms with E-state index < -0.39 is 10.0 Å². The summed E-state index contributed by atoms with van der Waals surface area (Å²) in [7, 11) is -3.21. The van der Waals surface area contributed by atoms with Crippen LogP contribution in [-0.4, -0.2) is 24.3 Å². The molecule has 0 aliphatic rings. The van der Waals surface area contributed by atoms with Crippen LogP contribution in [0.15, 0.2) is 4.52 Å². The molecule has 0 amide bonds. The quantitative estimate of drug-likeness (QED) is 0.777. The van der Waals surface area contributed by atoms with Crippen molar-refractivity contribution in [2.45, 2.75) is 33.2 Å². The second-order valence-corrected chi connectivity index (χ2v) is 5.16. The number of aromatic nitrogens is 2. The van der Waals surface area contributed by atoms with E-state index in [1.807, 2.05) is 6.92 Å². The number of aryl methyl sites for hydroxylation is 1. The summed E-state index contributed by atoms with van der Waals surface area (Å²) in [5.74, 6) is 0.918. The van der Waals surface area contributed by atoms with Gasteiger partial charge in [0.1, 0.15) is 0 Å². The van der Waals surface area contributed by atoms with Crippen LogP contribution in [0.2, 0.25) is 0 Å². The Morgan fingerprint density at radius 1 is 1.47 bits per heavy atom. The molecule has 6 nitrogen and oxygen atoms in total. The first-order valence-electron chi connectivity index (χ1n) is 4.80. The van der Waals surface area contributed by atoms with Gasteiger partial charge in [0, 0.05) is 0 Å². The Hall–Kier alpha value is -0.950. The summed E-state index contributed by atoms with van der Waals surface area (Å²) in [5.41, 5.74) is 0. The minimum atomic E-state index is -3.21. The van der Waals surface area contributed by atoms with Gasteiger partial charge in [0.05, 0.1) is 12.3 Å². The first kappa shape index (κ1) is 12.1. The fourth-order valence-electron chi connectivity index (χ4n) is 0.990. The van der Waals surface area contributed by atoms with Crippen molar-refractivity contribution >= 4 is 10.0 Å². The SMILES string of the molecule is CCCCS(=O)(=O)NCc1nc(C)no1. The van der Waals surface area contributed by atoms with E-state index in [9.17, 15) is 8.42 Å². The number of hydrogen-bond donors (Lipinski definition) is 1. The highest BCUT2D eigenvalue weighted by Crippen LogP contribution is 1.98. The van der Waals surface area contributed by atoms with Crippen LogP contribution in [0.4, 0.5) is 0 Å². The third kappa shape index (κ3) is 4.39. The normalized spacial score (nSPS) is 11.9. The fraction of sp³-hybridized carbons (Fsp3) is 0.750. The van der Waals surface area contributed by atoms with Crippen LogP contribution in [0, 0.1) is 6.92 Å². The third-order valence-electron chi connectivity index (χ3n) is 1.78. The maximum atomic E-state index is 11.4. The van der Waals surface area contributed by atoms with Gasteiger partial charge in [-0.3, -0.25) is 0 Å². The highest BCUT2D eigenvalue weighted by Gasteiger charge is 2.11. The van der Waals surface area contributed by atoms with Gasteiger partial charge in [-0.2, -0.15) is 4.98 Å². The molecule has 0 unspecified atom stereocenters. The van der Waals surface area contributed by atoms with Crippen molar-refractivity contribution in [3.8, 4) is 0 Å². The Morgan fingerprint density at radius 2 is 2.20 bits per heavy atom. The highest BCUT2D eigenvalue weighted by molar-refractivity contribution is 7.89. The first-order valence-corrected chi connectivity index (χ1v) is 6.45. The molecule has 0 fully saturated rings. The van der Waals surface area contributed by atoms with E-state index in [1.54, 1.807) is 6.92 Å². The molecule has 1 aromatic heterocycles. The van der Waals surface area contributed by atoms with Crippen molar-refractivity contribution in [1.29, 1.82) is 0 Å². The molecule has 15 heavy (non-hydrogen) atoms. The summed E-state index contributed by atoms with van der Waals surface area (Å²) in [5, 5.41) is 3.56. The van der Waals surface area contributed by atoms with Gasteiger partial charge in [-0.1, -0.05) is 18.5 Å². The molecule has 7 heteroatoms. The molecule has 0 saturated heterocycles. The van der Waals surface area contributed by atoms with Gasteiger partial charge in [0.15, 0.2) is 5.82 Å². The second kappa shape index (κ2) is 5.22. The van der Waals surface area contributed by atoms with E-state index in [2.05, 4.69) is 14.9 Å². The van der Waals surface area contributed by atoms with Gasteiger partial charge in [-0.15, -0.1) is 0 Å². The van der Waals surface area contributed by atoms with Gasteiger partial charge in [-0.05, 0) is 13.3 Å². The molecule has 0 atom stereocenters. The summed E-state index contributed by atoms with van der Waals surface area (Å²) < 4.78 is 29.9. The van der Waals surface area contributed by atoms with Crippen molar-refractivity contribution in [2.75, 3.05) is 5.75 Å². The Morgan fingerprint density at radius 3 is 2.73 bits per heavy atom. The average Bonchev–Trinajstić information content (AvgIpc) is 2.59. The zero-order valence-electron chi connectivity index (χ0n) is 8.86. The fourth-order valence-corrected chi connectivity index (χ4v) is 2.15. The molecule has 1 heterocycles. The van der Waals surface area contributed by atoms with Crippen LogP contribution in [0.25, 0.3) is 0 Å². The van der Waals surface area contributed by atoms with Crippen LogP contribution in [0.1, 0.15) is 31.5 Å². The van der Waals surface area contributed by atoms with Gasteiger partial charge in [0.2, 0.25) is 15.9 Å². The van der Waals surface area contributed by atoms with Crippen molar-refractivity contribution in [3.63, 3.8) is 0 Å². The van der Waals surface area contributed by atoms with Crippen molar-refractivity contribution in [1.82, 2.24) is 14.9 Å². The average molecular weight is 233 g/mol. The molecule has 0 radical (unpaired) electrons. The van der Waals surface area contributed by atoms with E-state index in [0.717, 1.165) is 6.42 Å². The minimum absolute atomic E-state index is 0.0624. The van der Waals surface area contributed by atoms with Crippen molar-refractivity contribution in [3.05, 3.63) is 11.7 Å². The zero-order chi connectivity index (χ0) is 11.3. The topological polar surface area (TPSA) is 85.1 Å². The summed E-state index contributed by atoms with van der Waals surface area (Å²) in [6.07, 6.45) is 1.50. The molecule has 0 aromatic carbocycles. The predicted molar refractivity (Wildman–Crippen MR) is 54.6 cm³/mol. The van der Waals surface area contributed by atoms with Crippen LogP contribution in [0.3, 0.4) is 0 Å². The van der Waals surface area contributed by atoms with Gasteiger partial charge < -0.3 is 4.52 Å². The summed E-state index contributed by atoms with van der Waals surface area (Å²) in [6.45, 7) is 3.68. The number of nitrogens with one attached hydrogen (secondary N) is 1. The Kier molecular flexibility index (Phi) is 4.22. The molecule has 1 aromatic rings. The standard InChI is InChI=1S/C8H15N3O3S/c1-3-4-5-15(12,13)9-6-8-10-7(2)11-14-8/h9H,3-6H2,1-2H3. The number of unbranched alkanes of at least 4 members (excludes halogenated alkanes) is 1. The monoisotopic (exact) mass is 233 g/mol. The number of hydrogen-bond acceptors (Lipinski definition) is 5. The molecule has 1 rings (SSSR count). The van der Waals surface area contributed by atoms with Crippen LogP contribution in [0.5, 0.6) is 0 Å². The van der Waals surface area contributed by atoms with E-state index >= 15 is 0 Å². The van der Waals surface area contributed by atoms with Crippen molar-refractivity contribution in [2.24, 2.45) is 0 Å². The van der Waals surface area contributed by atoms with Crippen molar-refractivity contribution < 1.29 is 12.9 Å². The summed E-state index contributed by atoms with van der Waals surface area (Å²) >= 11 is 0. The number of sulfonamides is 1. The van der Waals surface area contributed by atoms with Gasteiger partial charge in [-0.25, -0.2) is 13.1 Å². The molecule has 0 spiro atoms. The van der Waals surface area contributed by atoms with E-state index in [1.165, 1.54) is 0 Å². The molecule has 0 aliphatic carbocycles. The maximum Gasteiger partial charge on any atom is 0.241 e. The highest BCUT2D eigenvalue weighted by atomic mass is 32.2. The largest absolute Gasteiger partial charge is 0.338 e. The van der Waals surface area contributed by atoms with Crippen LogP contribution in [-0.2, 0) is 16.6 Å². The van der Waals surface area contributed by atoms with Crippen LogP contribution < -0.4 is 4.72 Å². The lowest BCUT2D eigenvalue weighted by atomic mass is 10.4. The Balaban J connectivity index is 2.42. The zero-order valence-corrected chi connectivity index (χ0v) is 9.67. The Labute approximate surface area is 89.1 Å². The number of rotatable bonds is 6. The predicted octanol–water partition coefficient (Wildman–Crippen LogP) is 0.598. The summed E-state index contributed by atoms with van der Waals surface area (Å²) in [4.78, 5) is 3.89. The maximum absolute atomic E-state index is 11.4. The Bertz CT molecular complexity index is 399. The van der Waals surface area contributed by atoms with Crippen LogP contribution >= 0.6 is 0 Å². The lowest BCUT2D eigenvalue weighted by Crippen LogP contribution is -2.26. The minimum Gasteiger partial charge on any atom is -0.338 e. The molecular weight excluding hydrogens is 218 g/mol. The van der Waals surface area contributed by atoms with Gasteiger partial charge in [0.25, 0.3) is 0 Å². The second-order valence-electron chi connectivity index (χ2n) is 3.23. The smallest absolute Gasteiger partial charge is 0.241 e. The van der Waals surface area contributed by atoms with E-state index in [-0.39, 0.29) is 18.2 Å². The molecule has 1 N–H and O–H groups in total. The molecule has 0 aliphatic heterocycles.